The maximum atomic E-state index is 11.9. The fourth-order valence-corrected chi connectivity index (χ4v) is 3.81. The first-order valence-corrected chi connectivity index (χ1v) is 8.06. The minimum absolute atomic E-state index is 0.0547. The Morgan fingerprint density at radius 3 is 3.14 bits per heavy atom. The van der Waals surface area contributed by atoms with Crippen molar-refractivity contribution in [2.24, 2.45) is 0 Å². The van der Waals surface area contributed by atoms with Crippen LogP contribution in [0.5, 0.6) is 5.75 Å². The second-order valence-corrected chi connectivity index (χ2v) is 6.46. The molecule has 3 heterocycles. The molecule has 0 atom stereocenters. The van der Waals surface area contributed by atoms with Crippen molar-refractivity contribution in [2.45, 2.75) is 13.2 Å². The second-order valence-electron chi connectivity index (χ2n) is 5.11. The standard InChI is InChI=1S/C16H12ClNO3S/c17-12-5-10(15-11(6-12)8-20-9-21-15)7-18-3-1-14(19)16-13(18)2-4-22-16/h1-6H,7-9H2. The van der Waals surface area contributed by atoms with E-state index < -0.39 is 0 Å². The maximum absolute atomic E-state index is 11.9. The number of fused-ring (bicyclic) bond motifs is 2. The number of hydrogen-bond donors (Lipinski definition) is 0. The second kappa shape index (κ2) is 5.43. The smallest absolute Gasteiger partial charge is 0.199 e. The molecule has 0 N–H and O–H groups in total. The van der Waals surface area contributed by atoms with E-state index in [1.807, 2.05) is 34.3 Å². The molecule has 0 spiro atoms. The molecule has 0 bridgehead atoms. The molecule has 1 aliphatic rings. The lowest BCUT2D eigenvalue weighted by molar-refractivity contribution is -0.0170. The number of nitrogens with zero attached hydrogens (tertiary/aromatic N) is 1. The van der Waals surface area contributed by atoms with Gasteiger partial charge in [-0.1, -0.05) is 11.6 Å². The highest BCUT2D eigenvalue weighted by Gasteiger charge is 2.17. The summed E-state index contributed by atoms with van der Waals surface area (Å²) in [5.41, 5.74) is 2.93. The number of halogens is 1. The van der Waals surface area contributed by atoms with Gasteiger partial charge in [-0.25, -0.2) is 0 Å². The van der Waals surface area contributed by atoms with Crippen molar-refractivity contribution in [1.29, 1.82) is 0 Å². The fraction of sp³-hybridized carbons (Fsp3) is 0.188. The van der Waals surface area contributed by atoms with Crippen LogP contribution in [0.1, 0.15) is 11.1 Å². The van der Waals surface area contributed by atoms with E-state index in [0.29, 0.717) is 18.2 Å². The Hall–Kier alpha value is -1.82. The van der Waals surface area contributed by atoms with Gasteiger partial charge >= 0.3 is 0 Å². The first kappa shape index (κ1) is 13.8. The van der Waals surface area contributed by atoms with Gasteiger partial charge in [0, 0.05) is 28.4 Å². The van der Waals surface area contributed by atoms with Crippen LogP contribution in [0, 0.1) is 0 Å². The molecule has 22 heavy (non-hydrogen) atoms. The Labute approximate surface area is 135 Å². The van der Waals surface area contributed by atoms with Gasteiger partial charge in [0.15, 0.2) is 12.2 Å². The third-order valence-corrected chi connectivity index (χ3v) is 4.81. The van der Waals surface area contributed by atoms with Gasteiger partial charge in [0.25, 0.3) is 0 Å². The average Bonchev–Trinajstić information content (AvgIpc) is 3.00. The van der Waals surface area contributed by atoms with E-state index in [1.54, 1.807) is 6.07 Å². The van der Waals surface area contributed by atoms with E-state index in [9.17, 15) is 4.79 Å². The minimum Gasteiger partial charge on any atom is -0.467 e. The van der Waals surface area contributed by atoms with E-state index in [2.05, 4.69) is 0 Å². The molecular formula is C16H12ClNO3S. The normalized spacial score (nSPS) is 13.9. The van der Waals surface area contributed by atoms with E-state index in [0.717, 1.165) is 27.1 Å². The Kier molecular flexibility index (Phi) is 3.41. The molecule has 0 aliphatic carbocycles. The van der Waals surface area contributed by atoms with Crippen molar-refractivity contribution in [3.63, 3.8) is 0 Å². The van der Waals surface area contributed by atoms with Gasteiger partial charge in [-0.3, -0.25) is 4.79 Å². The molecular weight excluding hydrogens is 322 g/mol. The van der Waals surface area contributed by atoms with Crippen LogP contribution in [0.4, 0.5) is 0 Å². The molecule has 0 saturated heterocycles. The van der Waals surface area contributed by atoms with Crippen molar-refractivity contribution >= 4 is 33.2 Å². The van der Waals surface area contributed by atoms with Crippen LogP contribution < -0.4 is 10.2 Å². The zero-order chi connectivity index (χ0) is 15.1. The maximum Gasteiger partial charge on any atom is 0.199 e. The molecule has 2 aromatic heterocycles. The zero-order valence-corrected chi connectivity index (χ0v) is 13.1. The number of hydrogen-bond acceptors (Lipinski definition) is 4. The van der Waals surface area contributed by atoms with Crippen LogP contribution in [0.3, 0.4) is 0 Å². The molecule has 0 saturated carbocycles. The summed E-state index contributed by atoms with van der Waals surface area (Å²) in [6.07, 6.45) is 1.81. The number of benzene rings is 1. The summed E-state index contributed by atoms with van der Waals surface area (Å²) in [4.78, 5) is 11.9. The van der Waals surface area contributed by atoms with Crippen molar-refractivity contribution in [2.75, 3.05) is 6.79 Å². The van der Waals surface area contributed by atoms with Crippen LogP contribution in [-0.2, 0) is 17.9 Å². The largest absolute Gasteiger partial charge is 0.467 e. The molecule has 0 unspecified atom stereocenters. The first-order valence-electron chi connectivity index (χ1n) is 6.81. The topological polar surface area (TPSA) is 40.5 Å². The minimum atomic E-state index is 0.0547. The molecule has 4 nitrogen and oxygen atoms in total. The van der Waals surface area contributed by atoms with Gasteiger partial charge in [-0.2, -0.15) is 0 Å². The third-order valence-electron chi connectivity index (χ3n) is 3.68. The summed E-state index contributed by atoms with van der Waals surface area (Å²) in [5, 5.41) is 2.59. The molecule has 0 radical (unpaired) electrons. The molecule has 1 aliphatic heterocycles. The summed E-state index contributed by atoms with van der Waals surface area (Å²) < 4.78 is 13.8. The summed E-state index contributed by atoms with van der Waals surface area (Å²) in [6, 6.07) is 7.33. The Morgan fingerprint density at radius 2 is 2.23 bits per heavy atom. The van der Waals surface area contributed by atoms with E-state index in [1.165, 1.54) is 11.3 Å². The summed E-state index contributed by atoms with van der Waals surface area (Å²) in [7, 11) is 0. The molecule has 112 valence electrons. The molecule has 0 amide bonds. The number of thiophene rings is 1. The van der Waals surface area contributed by atoms with Crippen molar-refractivity contribution < 1.29 is 9.47 Å². The number of rotatable bonds is 2. The Bertz CT molecular complexity index is 915. The lowest BCUT2D eigenvalue weighted by Crippen LogP contribution is -2.15. The SMILES string of the molecule is O=c1ccn(Cc2cc(Cl)cc3c2OCOC3)c2ccsc12. The monoisotopic (exact) mass is 333 g/mol. The van der Waals surface area contributed by atoms with Crippen molar-refractivity contribution in [1.82, 2.24) is 4.57 Å². The van der Waals surface area contributed by atoms with E-state index in [-0.39, 0.29) is 12.2 Å². The third kappa shape index (κ3) is 2.31. The van der Waals surface area contributed by atoms with Crippen LogP contribution in [0.25, 0.3) is 10.2 Å². The number of ether oxygens (including phenoxy) is 2. The van der Waals surface area contributed by atoms with Crippen LogP contribution in [0.2, 0.25) is 5.02 Å². The van der Waals surface area contributed by atoms with Gasteiger partial charge in [0.1, 0.15) is 5.75 Å². The zero-order valence-electron chi connectivity index (χ0n) is 11.5. The molecule has 3 aromatic rings. The highest BCUT2D eigenvalue weighted by molar-refractivity contribution is 7.17. The first-order chi connectivity index (χ1) is 10.7. The fourth-order valence-electron chi connectivity index (χ4n) is 2.72. The van der Waals surface area contributed by atoms with E-state index in [4.69, 9.17) is 21.1 Å². The van der Waals surface area contributed by atoms with Crippen molar-refractivity contribution in [3.8, 4) is 5.75 Å². The molecule has 0 fully saturated rings. The van der Waals surface area contributed by atoms with Gasteiger partial charge < -0.3 is 14.0 Å². The molecule has 1 aromatic carbocycles. The van der Waals surface area contributed by atoms with Gasteiger partial charge in [0.05, 0.1) is 23.4 Å². The van der Waals surface area contributed by atoms with E-state index >= 15 is 0 Å². The average molecular weight is 334 g/mol. The quantitative estimate of drug-likeness (QED) is 0.719. The van der Waals surface area contributed by atoms with Gasteiger partial charge in [-0.05, 0) is 23.6 Å². The highest BCUT2D eigenvalue weighted by Crippen LogP contribution is 2.32. The summed E-state index contributed by atoms with van der Waals surface area (Å²) >= 11 is 7.66. The summed E-state index contributed by atoms with van der Waals surface area (Å²) in [6.45, 7) is 1.34. The lowest BCUT2D eigenvalue weighted by atomic mass is 10.1. The van der Waals surface area contributed by atoms with Crippen LogP contribution >= 0.6 is 22.9 Å². The van der Waals surface area contributed by atoms with Gasteiger partial charge in [-0.15, -0.1) is 11.3 Å². The predicted octanol–water partition coefficient (Wildman–Crippen LogP) is 3.63. The van der Waals surface area contributed by atoms with Crippen molar-refractivity contribution in [3.05, 3.63) is 62.2 Å². The molecule has 6 heteroatoms. The van der Waals surface area contributed by atoms with Crippen LogP contribution in [-0.4, -0.2) is 11.4 Å². The van der Waals surface area contributed by atoms with Crippen LogP contribution in [0.15, 0.2) is 40.6 Å². The lowest BCUT2D eigenvalue weighted by Gasteiger charge is -2.22. The Balaban J connectivity index is 1.83. The molecule has 4 rings (SSSR count). The van der Waals surface area contributed by atoms with Gasteiger partial charge in [0.2, 0.25) is 0 Å². The predicted molar refractivity (Wildman–Crippen MR) is 86.9 cm³/mol. The Morgan fingerprint density at radius 1 is 1.32 bits per heavy atom. The summed E-state index contributed by atoms with van der Waals surface area (Å²) in [5.74, 6) is 0.831. The number of aromatic nitrogens is 1. The highest BCUT2D eigenvalue weighted by atomic mass is 35.5. The number of pyridine rings is 1.